The van der Waals surface area contributed by atoms with Crippen LogP contribution in [0.1, 0.15) is 5.56 Å². The molecular formula is C10H11ClF3N. The van der Waals surface area contributed by atoms with E-state index in [9.17, 15) is 13.2 Å². The number of benzene rings is 1. The molecule has 0 aliphatic carbocycles. The second-order valence-electron chi connectivity index (χ2n) is 3.31. The van der Waals surface area contributed by atoms with Gasteiger partial charge in [0.15, 0.2) is 0 Å². The van der Waals surface area contributed by atoms with Gasteiger partial charge in [-0.15, -0.1) is 0 Å². The van der Waals surface area contributed by atoms with E-state index in [4.69, 9.17) is 17.3 Å². The van der Waals surface area contributed by atoms with Gasteiger partial charge >= 0.3 is 6.18 Å². The molecule has 0 aliphatic rings. The van der Waals surface area contributed by atoms with Crippen LogP contribution in [0.4, 0.5) is 13.2 Å². The monoisotopic (exact) mass is 237 g/mol. The zero-order valence-electron chi connectivity index (χ0n) is 7.89. The molecule has 0 aliphatic heterocycles. The van der Waals surface area contributed by atoms with E-state index in [0.29, 0.717) is 10.6 Å². The Bertz CT molecular complexity index is 325. The molecule has 1 aromatic carbocycles. The summed E-state index contributed by atoms with van der Waals surface area (Å²) in [5.74, 6) is -1.50. The molecule has 1 atom stereocenters. The highest BCUT2D eigenvalue weighted by molar-refractivity contribution is 6.30. The van der Waals surface area contributed by atoms with E-state index in [2.05, 4.69) is 0 Å². The average molecular weight is 238 g/mol. The highest BCUT2D eigenvalue weighted by Crippen LogP contribution is 2.28. The maximum atomic E-state index is 12.4. The molecule has 2 N–H and O–H groups in total. The molecule has 84 valence electrons. The molecule has 1 nitrogen and oxygen atoms in total. The SMILES string of the molecule is NCC(Cc1cccc(Cl)c1)C(F)(F)F. The second kappa shape index (κ2) is 4.86. The molecular weight excluding hydrogens is 227 g/mol. The predicted molar refractivity (Wildman–Crippen MR) is 53.8 cm³/mol. The topological polar surface area (TPSA) is 26.0 Å². The number of nitrogens with two attached hydrogens (primary N) is 1. The first-order valence-corrected chi connectivity index (χ1v) is 4.82. The fourth-order valence-corrected chi connectivity index (χ4v) is 1.49. The molecule has 1 aromatic rings. The molecule has 0 aromatic heterocycles. The van der Waals surface area contributed by atoms with Crippen LogP contribution in [0.3, 0.4) is 0 Å². The lowest BCUT2D eigenvalue weighted by Crippen LogP contribution is -2.31. The Hall–Kier alpha value is -0.740. The van der Waals surface area contributed by atoms with Crippen LogP contribution in [-0.2, 0) is 6.42 Å². The standard InChI is InChI=1S/C10H11ClF3N/c11-9-3-1-2-7(5-9)4-8(6-15)10(12,13)14/h1-3,5,8H,4,6,15H2. The van der Waals surface area contributed by atoms with Crippen molar-refractivity contribution in [3.63, 3.8) is 0 Å². The lowest BCUT2D eigenvalue weighted by atomic mass is 9.99. The molecule has 5 heteroatoms. The Kier molecular flexibility index (Phi) is 3.99. The first-order valence-electron chi connectivity index (χ1n) is 4.44. The van der Waals surface area contributed by atoms with Gasteiger partial charge in [-0.1, -0.05) is 23.7 Å². The third kappa shape index (κ3) is 3.72. The van der Waals surface area contributed by atoms with Crippen molar-refractivity contribution in [2.45, 2.75) is 12.6 Å². The number of alkyl halides is 3. The maximum Gasteiger partial charge on any atom is 0.393 e. The van der Waals surface area contributed by atoms with Crippen molar-refractivity contribution < 1.29 is 13.2 Å². The van der Waals surface area contributed by atoms with E-state index in [1.807, 2.05) is 0 Å². The Balaban J connectivity index is 2.76. The third-order valence-corrected chi connectivity index (χ3v) is 2.35. The quantitative estimate of drug-likeness (QED) is 0.859. The minimum Gasteiger partial charge on any atom is -0.330 e. The summed E-state index contributed by atoms with van der Waals surface area (Å²) in [4.78, 5) is 0. The van der Waals surface area contributed by atoms with Crippen LogP contribution in [0.25, 0.3) is 0 Å². The van der Waals surface area contributed by atoms with Crippen molar-refractivity contribution in [2.24, 2.45) is 11.7 Å². The van der Waals surface area contributed by atoms with Crippen LogP contribution in [0.5, 0.6) is 0 Å². The van der Waals surface area contributed by atoms with Gasteiger partial charge in [0.2, 0.25) is 0 Å². The number of halogens is 4. The second-order valence-corrected chi connectivity index (χ2v) is 3.74. The summed E-state index contributed by atoms with van der Waals surface area (Å²) < 4.78 is 37.2. The van der Waals surface area contributed by atoms with Crippen LogP contribution < -0.4 is 5.73 Å². The summed E-state index contributed by atoms with van der Waals surface area (Å²) in [7, 11) is 0. The highest BCUT2D eigenvalue weighted by atomic mass is 35.5. The Labute approximate surface area is 91.0 Å². The van der Waals surface area contributed by atoms with Gasteiger partial charge in [-0.2, -0.15) is 13.2 Å². The van der Waals surface area contributed by atoms with Crippen molar-refractivity contribution in [2.75, 3.05) is 6.54 Å². The molecule has 0 radical (unpaired) electrons. The summed E-state index contributed by atoms with van der Waals surface area (Å²) in [6.07, 6.45) is -4.38. The Morgan fingerprint density at radius 2 is 2.00 bits per heavy atom. The Morgan fingerprint density at radius 1 is 1.33 bits per heavy atom. The minimum atomic E-state index is -4.25. The van der Waals surface area contributed by atoms with Gasteiger partial charge in [0.05, 0.1) is 5.92 Å². The van der Waals surface area contributed by atoms with E-state index >= 15 is 0 Å². The first kappa shape index (κ1) is 12.3. The molecule has 1 unspecified atom stereocenters. The molecule has 0 amide bonds. The van der Waals surface area contributed by atoms with Gasteiger partial charge in [0, 0.05) is 11.6 Å². The highest BCUT2D eigenvalue weighted by Gasteiger charge is 2.38. The van der Waals surface area contributed by atoms with Gasteiger partial charge in [0.25, 0.3) is 0 Å². The Morgan fingerprint density at radius 3 is 2.47 bits per heavy atom. The molecule has 0 saturated heterocycles. The molecule has 0 fully saturated rings. The van der Waals surface area contributed by atoms with Crippen molar-refractivity contribution >= 4 is 11.6 Å². The lowest BCUT2D eigenvalue weighted by Gasteiger charge is -2.18. The average Bonchev–Trinajstić information content (AvgIpc) is 2.12. The number of rotatable bonds is 3. The molecule has 1 rings (SSSR count). The van der Waals surface area contributed by atoms with Gasteiger partial charge in [-0.05, 0) is 24.1 Å². The van der Waals surface area contributed by atoms with E-state index < -0.39 is 18.6 Å². The molecule has 0 bridgehead atoms. The molecule has 0 saturated carbocycles. The van der Waals surface area contributed by atoms with Crippen molar-refractivity contribution in [3.05, 3.63) is 34.9 Å². The zero-order chi connectivity index (χ0) is 11.5. The van der Waals surface area contributed by atoms with Crippen molar-refractivity contribution in [1.29, 1.82) is 0 Å². The zero-order valence-corrected chi connectivity index (χ0v) is 8.65. The van der Waals surface area contributed by atoms with Crippen LogP contribution in [0.2, 0.25) is 5.02 Å². The fourth-order valence-electron chi connectivity index (χ4n) is 1.28. The van der Waals surface area contributed by atoms with Crippen molar-refractivity contribution in [1.82, 2.24) is 0 Å². The summed E-state index contributed by atoms with van der Waals surface area (Å²) in [6.45, 7) is -0.407. The van der Waals surface area contributed by atoms with E-state index in [1.165, 1.54) is 6.07 Å². The fraction of sp³-hybridized carbons (Fsp3) is 0.400. The van der Waals surface area contributed by atoms with Crippen LogP contribution in [0, 0.1) is 5.92 Å². The third-order valence-electron chi connectivity index (χ3n) is 2.12. The number of hydrogen-bond acceptors (Lipinski definition) is 1. The van der Waals surface area contributed by atoms with Crippen LogP contribution in [0.15, 0.2) is 24.3 Å². The van der Waals surface area contributed by atoms with E-state index in [0.717, 1.165) is 0 Å². The minimum absolute atomic E-state index is 0.124. The normalized spacial score (nSPS) is 13.9. The van der Waals surface area contributed by atoms with E-state index in [1.54, 1.807) is 18.2 Å². The summed E-state index contributed by atoms with van der Waals surface area (Å²) in [6, 6.07) is 6.38. The van der Waals surface area contributed by atoms with Crippen LogP contribution >= 0.6 is 11.6 Å². The number of hydrogen-bond donors (Lipinski definition) is 1. The largest absolute Gasteiger partial charge is 0.393 e. The van der Waals surface area contributed by atoms with Gasteiger partial charge in [-0.25, -0.2) is 0 Å². The smallest absolute Gasteiger partial charge is 0.330 e. The molecule has 0 heterocycles. The van der Waals surface area contributed by atoms with Crippen molar-refractivity contribution in [3.8, 4) is 0 Å². The molecule has 15 heavy (non-hydrogen) atoms. The maximum absolute atomic E-state index is 12.4. The molecule has 0 spiro atoms. The summed E-state index contributed by atoms with van der Waals surface area (Å²) in [5, 5.41) is 0.436. The summed E-state index contributed by atoms with van der Waals surface area (Å²) >= 11 is 5.67. The van der Waals surface area contributed by atoms with Gasteiger partial charge in [-0.3, -0.25) is 0 Å². The first-order chi connectivity index (χ1) is 6.93. The van der Waals surface area contributed by atoms with Crippen LogP contribution in [-0.4, -0.2) is 12.7 Å². The van der Waals surface area contributed by atoms with Gasteiger partial charge in [0.1, 0.15) is 0 Å². The van der Waals surface area contributed by atoms with E-state index in [-0.39, 0.29) is 6.42 Å². The predicted octanol–water partition coefficient (Wildman–Crippen LogP) is 3.02. The van der Waals surface area contributed by atoms with Gasteiger partial charge < -0.3 is 5.73 Å². The summed E-state index contributed by atoms with van der Waals surface area (Å²) in [5.41, 5.74) is 5.64. The lowest BCUT2D eigenvalue weighted by molar-refractivity contribution is -0.171.